The van der Waals surface area contributed by atoms with Gasteiger partial charge >= 0.3 is 0 Å². The Labute approximate surface area is 280 Å². The van der Waals surface area contributed by atoms with Gasteiger partial charge in [0.1, 0.15) is 5.82 Å². The molecule has 1 heterocycles. The second kappa shape index (κ2) is 11.8. The molecule has 0 N–H and O–H groups in total. The fraction of sp³-hybridized carbons (Fsp3) is 0.0217. The van der Waals surface area contributed by atoms with Crippen molar-refractivity contribution in [2.24, 2.45) is 0 Å². The minimum Gasteiger partial charge on any atom is -0.292 e. The minimum atomic E-state index is 0.131. The van der Waals surface area contributed by atoms with Gasteiger partial charge in [0.2, 0.25) is 0 Å². The average Bonchev–Trinajstić information content (AvgIpc) is 3.49. The predicted octanol–water partition coefficient (Wildman–Crippen LogP) is 9.53. The number of nitrogens with zero attached hydrogens (tertiary/aromatic N) is 2. The Kier molecular flexibility index (Phi) is 6.91. The molecular weight excluding hydrogens is 581 g/mol. The topological polar surface area (TPSA) is 17.8 Å². The second-order valence-corrected chi connectivity index (χ2v) is 12.4. The maximum Gasteiger partial charge on any atom is 0.145 e. The zero-order valence-corrected chi connectivity index (χ0v) is 26.4. The molecule has 8 aromatic rings. The molecule has 0 aliphatic heterocycles. The minimum absolute atomic E-state index is 0.131. The van der Waals surface area contributed by atoms with Crippen molar-refractivity contribution in [3.8, 4) is 28.2 Å². The maximum atomic E-state index is 5.07. The number of rotatable bonds is 5. The van der Waals surface area contributed by atoms with Crippen LogP contribution < -0.4 is 10.4 Å². The molecule has 0 amide bonds. The van der Waals surface area contributed by atoms with E-state index in [2.05, 4.69) is 187 Å². The highest BCUT2D eigenvalue weighted by Crippen LogP contribution is 2.36. The first-order valence-electron chi connectivity index (χ1n) is 16.5. The fourth-order valence-electron chi connectivity index (χ4n) is 7.23. The summed E-state index contributed by atoms with van der Waals surface area (Å²) in [5, 5.41) is 2.49. The van der Waals surface area contributed by atoms with Crippen molar-refractivity contribution in [1.82, 2.24) is 9.55 Å². The van der Waals surface area contributed by atoms with Gasteiger partial charge in [0, 0.05) is 17.2 Å². The Morgan fingerprint density at radius 2 is 1.10 bits per heavy atom. The van der Waals surface area contributed by atoms with Crippen LogP contribution in [0.15, 0.2) is 182 Å². The lowest BCUT2D eigenvalue weighted by atomic mass is 9.85. The Morgan fingerprint density at radius 3 is 1.88 bits per heavy atom. The zero-order valence-electron chi connectivity index (χ0n) is 26.4. The van der Waals surface area contributed by atoms with Crippen molar-refractivity contribution in [2.45, 2.75) is 5.92 Å². The van der Waals surface area contributed by atoms with Gasteiger partial charge in [0.05, 0.1) is 11.0 Å². The van der Waals surface area contributed by atoms with Crippen LogP contribution in [0.4, 0.5) is 0 Å². The molecule has 0 spiro atoms. The lowest BCUT2D eigenvalue weighted by molar-refractivity contribution is 1.07. The van der Waals surface area contributed by atoms with E-state index in [1.807, 2.05) is 6.07 Å². The Morgan fingerprint density at radius 1 is 0.479 bits per heavy atom. The van der Waals surface area contributed by atoms with Crippen LogP contribution in [0.5, 0.6) is 0 Å². The third-order valence-electron chi connectivity index (χ3n) is 9.51. The number of hydrogen-bond donors (Lipinski definition) is 0. The van der Waals surface area contributed by atoms with E-state index in [1.165, 1.54) is 49.4 Å². The summed E-state index contributed by atoms with van der Waals surface area (Å²) in [6.45, 7) is 0. The Hall–Kier alpha value is -6.25. The average molecular weight is 613 g/mol. The molecule has 0 fully saturated rings. The molecule has 7 aromatic carbocycles. The number of imidazole rings is 1. The summed E-state index contributed by atoms with van der Waals surface area (Å²) in [6, 6.07) is 65.3. The van der Waals surface area contributed by atoms with Crippen LogP contribution in [0.3, 0.4) is 0 Å². The van der Waals surface area contributed by atoms with E-state index in [9.17, 15) is 0 Å². The summed E-state index contributed by atoms with van der Waals surface area (Å²) in [5.41, 5.74) is 13.0. The van der Waals surface area contributed by atoms with E-state index in [0.29, 0.717) is 0 Å². The molecule has 9 rings (SSSR count). The number of benzene rings is 7. The van der Waals surface area contributed by atoms with Crippen LogP contribution in [-0.4, -0.2) is 9.55 Å². The number of aromatic nitrogens is 2. The molecule has 0 saturated heterocycles. The summed E-state index contributed by atoms with van der Waals surface area (Å²) in [5.74, 6) is 1.07. The Bertz CT molecular complexity index is 2530. The third kappa shape index (κ3) is 4.87. The van der Waals surface area contributed by atoms with Gasteiger partial charge in [-0.25, -0.2) is 4.98 Å². The molecule has 2 heteroatoms. The van der Waals surface area contributed by atoms with Crippen molar-refractivity contribution in [1.29, 1.82) is 0 Å². The number of para-hydroxylation sites is 2. The van der Waals surface area contributed by atoms with Gasteiger partial charge in [-0.2, -0.15) is 0 Å². The van der Waals surface area contributed by atoms with E-state index in [0.717, 1.165) is 28.1 Å². The molecule has 0 radical (unpaired) electrons. The first kappa shape index (κ1) is 28.0. The van der Waals surface area contributed by atoms with Crippen molar-refractivity contribution in [3.05, 3.63) is 215 Å². The van der Waals surface area contributed by atoms with E-state index in [-0.39, 0.29) is 5.92 Å². The highest BCUT2D eigenvalue weighted by molar-refractivity contribution is 5.86. The summed E-state index contributed by atoms with van der Waals surface area (Å²) >= 11 is 0. The van der Waals surface area contributed by atoms with Gasteiger partial charge in [-0.3, -0.25) is 4.57 Å². The first-order valence-corrected chi connectivity index (χ1v) is 16.5. The monoisotopic (exact) mass is 612 g/mol. The van der Waals surface area contributed by atoms with Crippen LogP contribution >= 0.6 is 0 Å². The number of hydrogen-bond acceptors (Lipinski definition) is 1. The molecule has 1 aromatic heterocycles. The van der Waals surface area contributed by atoms with Crippen molar-refractivity contribution >= 4 is 22.7 Å². The van der Waals surface area contributed by atoms with Crippen LogP contribution in [0.25, 0.3) is 50.9 Å². The summed E-state index contributed by atoms with van der Waals surface area (Å²) in [4.78, 5) is 5.07. The van der Waals surface area contributed by atoms with E-state index in [4.69, 9.17) is 4.98 Å². The van der Waals surface area contributed by atoms with Crippen molar-refractivity contribution < 1.29 is 0 Å². The largest absolute Gasteiger partial charge is 0.292 e. The molecule has 1 unspecified atom stereocenters. The lowest BCUT2D eigenvalue weighted by Gasteiger charge is -2.19. The smallest absolute Gasteiger partial charge is 0.145 e. The van der Waals surface area contributed by atoms with E-state index in [1.54, 1.807) is 0 Å². The number of fused-ring (bicyclic) bond motifs is 3. The molecule has 48 heavy (non-hydrogen) atoms. The quantitative estimate of drug-likeness (QED) is 0.189. The molecule has 0 saturated carbocycles. The van der Waals surface area contributed by atoms with Crippen LogP contribution in [0.1, 0.15) is 28.2 Å². The van der Waals surface area contributed by atoms with Crippen LogP contribution in [0.2, 0.25) is 0 Å². The lowest BCUT2D eigenvalue weighted by Crippen LogP contribution is -2.27. The van der Waals surface area contributed by atoms with Crippen LogP contribution in [0, 0.1) is 0 Å². The highest BCUT2D eigenvalue weighted by Gasteiger charge is 2.22. The predicted molar refractivity (Wildman–Crippen MR) is 198 cm³/mol. The molecule has 2 nitrogen and oxygen atoms in total. The van der Waals surface area contributed by atoms with Crippen LogP contribution in [-0.2, 0) is 0 Å². The molecule has 1 aliphatic carbocycles. The summed E-state index contributed by atoms with van der Waals surface area (Å²) < 4.78 is 2.28. The summed E-state index contributed by atoms with van der Waals surface area (Å²) in [6.07, 6.45) is 2.45. The van der Waals surface area contributed by atoms with Gasteiger partial charge in [0.25, 0.3) is 0 Å². The maximum absolute atomic E-state index is 5.07. The Balaban J connectivity index is 1.28. The summed E-state index contributed by atoms with van der Waals surface area (Å²) in [7, 11) is 0. The van der Waals surface area contributed by atoms with Gasteiger partial charge in [-0.15, -0.1) is 0 Å². The molecule has 1 atom stereocenters. The normalized spacial score (nSPS) is 13.8. The SMILES string of the molecule is C1=c2ccc(-c3ccccc3)cc2=C(c2ccc(-n3c(-c4ccccc4)nc4ccccc43)cc2)c2ccccc2C1c1ccccc1. The molecular formula is C46H32N2. The first-order chi connectivity index (χ1) is 23.8. The highest BCUT2D eigenvalue weighted by atomic mass is 15.1. The van der Waals surface area contributed by atoms with Gasteiger partial charge in [-0.05, 0) is 79.7 Å². The molecule has 0 bridgehead atoms. The van der Waals surface area contributed by atoms with E-state index >= 15 is 0 Å². The third-order valence-corrected chi connectivity index (χ3v) is 9.51. The van der Waals surface area contributed by atoms with Gasteiger partial charge in [0.15, 0.2) is 0 Å². The van der Waals surface area contributed by atoms with Crippen molar-refractivity contribution in [3.63, 3.8) is 0 Å². The molecule has 226 valence electrons. The fourth-order valence-corrected chi connectivity index (χ4v) is 7.23. The molecule has 1 aliphatic rings. The van der Waals surface area contributed by atoms with Gasteiger partial charge < -0.3 is 0 Å². The second-order valence-electron chi connectivity index (χ2n) is 12.4. The van der Waals surface area contributed by atoms with Crippen molar-refractivity contribution in [2.75, 3.05) is 0 Å². The standard InChI is InChI=1S/C46H32N2/c1-4-14-32(15-5-1)36-24-25-37-31-41(33-16-6-2-7-17-33)39-20-10-11-21-40(39)45(42(37)30-36)34-26-28-38(29-27-34)48-44-23-13-12-22-43(44)47-46(48)35-18-8-3-9-19-35/h1-31,41H. The zero-order chi connectivity index (χ0) is 31.9. The van der Waals surface area contributed by atoms with Gasteiger partial charge in [-0.1, -0.05) is 158 Å². The van der Waals surface area contributed by atoms with E-state index < -0.39 is 0 Å².